The summed E-state index contributed by atoms with van der Waals surface area (Å²) in [6, 6.07) is 0. The Labute approximate surface area is 168 Å². The van der Waals surface area contributed by atoms with Gasteiger partial charge in [-0.15, -0.1) is 0 Å². The highest BCUT2D eigenvalue weighted by Crippen LogP contribution is 2.43. The van der Waals surface area contributed by atoms with E-state index in [1.807, 2.05) is 0 Å². The Kier molecular flexibility index (Phi) is 15.0. The van der Waals surface area contributed by atoms with Crippen LogP contribution in [0.25, 0.3) is 0 Å². The third kappa shape index (κ3) is 15.1. The maximum Gasteiger partial charge on any atom is -0.0317 e. The molecule has 0 heteroatoms. The fourth-order valence-electron chi connectivity index (χ4n) is 4.88. The zero-order chi connectivity index (χ0) is 19.9. The molecule has 0 fully saturated rings. The van der Waals surface area contributed by atoms with Gasteiger partial charge in [0.05, 0.1) is 0 Å². The minimum atomic E-state index is 0.439. The number of rotatable bonds is 16. The molecule has 0 aromatic heterocycles. The molecule has 0 radical (unpaired) electrons. The van der Waals surface area contributed by atoms with E-state index in [-0.39, 0.29) is 0 Å². The molecule has 0 aliphatic heterocycles. The largest absolute Gasteiger partial charge is 0.0654 e. The summed E-state index contributed by atoms with van der Waals surface area (Å²) >= 11 is 0. The Balaban J connectivity index is 3.43. The van der Waals surface area contributed by atoms with Gasteiger partial charge in [0.1, 0.15) is 0 Å². The van der Waals surface area contributed by atoms with E-state index in [1.165, 1.54) is 103 Å². The van der Waals surface area contributed by atoms with Crippen LogP contribution < -0.4 is 0 Å². The van der Waals surface area contributed by atoms with Crippen molar-refractivity contribution in [3.8, 4) is 0 Å². The van der Waals surface area contributed by atoms with Crippen molar-refractivity contribution >= 4 is 0 Å². The van der Waals surface area contributed by atoms with Gasteiger partial charge in [0, 0.05) is 0 Å². The van der Waals surface area contributed by atoms with Crippen molar-refractivity contribution in [2.75, 3.05) is 0 Å². The summed E-state index contributed by atoms with van der Waals surface area (Å²) in [4.78, 5) is 0. The Hall–Kier alpha value is 0. The molecule has 0 bridgehead atoms. The summed E-state index contributed by atoms with van der Waals surface area (Å²) in [7, 11) is 0. The number of hydrogen-bond acceptors (Lipinski definition) is 0. The molecule has 0 heterocycles. The molecule has 0 spiro atoms. The molecule has 0 rings (SSSR count). The second-order valence-electron chi connectivity index (χ2n) is 11.0. The van der Waals surface area contributed by atoms with Gasteiger partial charge in [0.15, 0.2) is 0 Å². The summed E-state index contributed by atoms with van der Waals surface area (Å²) in [6.45, 7) is 16.8. The third-order valence-corrected chi connectivity index (χ3v) is 6.19. The van der Waals surface area contributed by atoms with Crippen molar-refractivity contribution in [2.24, 2.45) is 16.7 Å². The van der Waals surface area contributed by atoms with Crippen molar-refractivity contribution in [2.45, 2.75) is 151 Å². The van der Waals surface area contributed by atoms with Crippen molar-refractivity contribution in [1.82, 2.24) is 0 Å². The molecule has 158 valence electrons. The lowest BCUT2D eigenvalue weighted by molar-refractivity contribution is 0.0898. The lowest BCUT2D eigenvalue weighted by atomic mass is 9.65. The predicted molar refractivity (Wildman–Crippen MR) is 122 cm³/mol. The van der Waals surface area contributed by atoms with Crippen LogP contribution in [0.5, 0.6) is 0 Å². The van der Waals surface area contributed by atoms with Crippen LogP contribution in [0, 0.1) is 16.7 Å². The molecule has 0 saturated heterocycles. The van der Waals surface area contributed by atoms with Crippen LogP contribution in [0.4, 0.5) is 0 Å². The maximum atomic E-state index is 2.42. The molecule has 26 heavy (non-hydrogen) atoms. The van der Waals surface area contributed by atoms with Gasteiger partial charge in [0.2, 0.25) is 0 Å². The smallest absolute Gasteiger partial charge is 0.0317 e. The highest BCUT2D eigenvalue weighted by molar-refractivity contribution is 4.83. The first kappa shape index (κ1) is 26.0. The molecule has 0 amide bonds. The van der Waals surface area contributed by atoms with Crippen molar-refractivity contribution in [3.05, 3.63) is 0 Å². The van der Waals surface area contributed by atoms with Crippen molar-refractivity contribution < 1.29 is 0 Å². The molecular weight excluding hydrogens is 312 g/mol. The molecule has 0 aromatic carbocycles. The number of hydrogen-bond donors (Lipinski definition) is 0. The van der Waals surface area contributed by atoms with Crippen LogP contribution in [0.15, 0.2) is 0 Å². The van der Waals surface area contributed by atoms with Crippen LogP contribution in [0.2, 0.25) is 0 Å². The van der Waals surface area contributed by atoms with Gasteiger partial charge in [-0.05, 0) is 23.2 Å². The van der Waals surface area contributed by atoms with E-state index in [0.717, 1.165) is 5.92 Å². The molecule has 0 nitrogen and oxygen atoms in total. The van der Waals surface area contributed by atoms with Gasteiger partial charge >= 0.3 is 0 Å². The fraction of sp³-hybridized carbons (Fsp3) is 1.00. The normalized spacial score (nSPS) is 12.9. The average Bonchev–Trinajstić information content (AvgIpc) is 2.52. The molecule has 0 aliphatic carbocycles. The highest BCUT2D eigenvalue weighted by Gasteiger charge is 2.33. The summed E-state index contributed by atoms with van der Waals surface area (Å²) in [5.74, 6) is 0.831. The van der Waals surface area contributed by atoms with E-state index >= 15 is 0 Å². The fourth-order valence-corrected chi connectivity index (χ4v) is 4.88. The van der Waals surface area contributed by atoms with E-state index in [2.05, 4.69) is 48.5 Å². The summed E-state index contributed by atoms with van der Waals surface area (Å²) in [5.41, 5.74) is 0.877. The quantitative estimate of drug-likeness (QED) is 0.238. The molecule has 0 saturated carbocycles. The first-order valence-corrected chi connectivity index (χ1v) is 12.2. The van der Waals surface area contributed by atoms with E-state index in [9.17, 15) is 0 Å². The molecule has 0 N–H and O–H groups in total. The maximum absolute atomic E-state index is 2.42. The Bertz CT molecular complexity index is 274. The topological polar surface area (TPSA) is 0 Å². The van der Waals surface area contributed by atoms with Gasteiger partial charge in [-0.3, -0.25) is 0 Å². The molecule has 0 aromatic rings. The SMILES string of the molecule is CCCCCCCCCCCCCCCCCC(C(C)(C)C)C(C)(C)C. The van der Waals surface area contributed by atoms with Crippen LogP contribution in [-0.4, -0.2) is 0 Å². The predicted octanol–water partition coefficient (Wildman–Crippen LogP) is 9.96. The van der Waals surface area contributed by atoms with Gasteiger partial charge in [-0.25, -0.2) is 0 Å². The minimum absolute atomic E-state index is 0.439. The van der Waals surface area contributed by atoms with Crippen LogP contribution in [0.1, 0.15) is 151 Å². The van der Waals surface area contributed by atoms with E-state index < -0.39 is 0 Å². The lowest BCUT2D eigenvalue weighted by Gasteiger charge is -2.41. The zero-order valence-corrected chi connectivity index (χ0v) is 19.9. The second-order valence-corrected chi connectivity index (χ2v) is 11.0. The third-order valence-electron chi connectivity index (χ3n) is 6.19. The Morgan fingerprint density at radius 1 is 0.423 bits per heavy atom. The summed E-state index contributed by atoms with van der Waals surface area (Å²) in [6.07, 6.45) is 23.3. The average molecular weight is 367 g/mol. The van der Waals surface area contributed by atoms with Crippen LogP contribution in [-0.2, 0) is 0 Å². The van der Waals surface area contributed by atoms with E-state index in [1.54, 1.807) is 0 Å². The zero-order valence-electron chi connectivity index (χ0n) is 19.9. The monoisotopic (exact) mass is 366 g/mol. The van der Waals surface area contributed by atoms with Gasteiger partial charge in [-0.2, -0.15) is 0 Å². The van der Waals surface area contributed by atoms with Crippen LogP contribution >= 0.6 is 0 Å². The number of unbranched alkanes of at least 4 members (excludes halogenated alkanes) is 14. The van der Waals surface area contributed by atoms with Gasteiger partial charge < -0.3 is 0 Å². The van der Waals surface area contributed by atoms with Crippen LogP contribution in [0.3, 0.4) is 0 Å². The second kappa shape index (κ2) is 15.0. The van der Waals surface area contributed by atoms with Gasteiger partial charge in [-0.1, -0.05) is 145 Å². The molecule has 0 aliphatic rings. The van der Waals surface area contributed by atoms with E-state index in [0.29, 0.717) is 10.8 Å². The standard InChI is InChI=1S/C26H54/c1-8-9-10-11-12-13-14-15-16-17-18-19-20-21-22-23-24(25(2,3)4)26(5,6)7/h24H,8-23H2,1-7H3. The minimum Gasteiger partial charge on any atom is -0.0654 e. The first-order chi connectivity index (χ1) is 12.2. The Morgan fingerprint density at radius 2 is 0.692 bits per heavy atom. The summed E-state index contributed by atoms with van der Waals surface area (Å²) < 4.78 is 0. The molecular formula is C26H54. The molecule has 0 atom stereocenters. The Morgan fingerprint density at radius 3 is 0.962 bits per heavy atom. The lowest BCUT2D eigenvalue weighted by Crippen LogP contribution is -2.32. The van der Waals surface area contributed by atoms with Gasteiger partial charge in [0.25, 0.3) is 0 Å². The highest BCUT2D eigenvalue weighted by atomic mass is 14.4. The summed E-state index contributed by atoms with van der Waals surface area (Å²) in [5, 5.41) is 0. The van der Waals surface area contributed by atoms with Crippen molar-refractivity contribution in [1.29, 1.82) is 0 Å². The van der Waals surface area contributed by atoms with E-state index in [4.69, 9.17) is 0 Å². The first-order valence-electron chi connectivity index (χ1n) is 12.2. The van der Waals surface area contributed by atoms with Crippen molar-refractivity contribution in [3.63, 3.8) is 0 Å². The molecule has 0 unspecified atom stereocenters.